The number of hydrogen-bond acceptors (Lipinski definition) is 6. The normalized spacial score (nSPS) is 17.5. The number of amides is 1. The van der Waals surface area contributed by atoms with Crippen LogP contribution in [-0.4, -0.2) is 39.1 Å². The van der Waals surface area contributed by atoms with E-state index in [1.807, 2.05) is 30.3 Å². The number of carbonyl (C=O) groups is 2. The molecule has 0 aliphatic carbocycles. The maximum Gasteiger partial charge on any atom is 0.336 e. The van der Waals surface area contributed by atoms with E-state index in [1.54, 1.807) is 29.1 Å². The van der Waals surface area contributed by atoms with E-state index in [0.717, 1.165) is 5.56 Å². The summed E-state index contributed by atoms with van der Waals surface area (Å²) < 4.78 is 7.01. The van der Waals surface area contributed by atoms with E-state index in [2.05, 4.69) is 32.8 Å². The van der Waals surface area contributed by atoms with Gasteiger partial charge in [0.1, 0.15) is 5.69 Å². The quantitative estimate of drug-likeness (QED) is 0.428. The second-order valence-corrected chi connectivity index (χ2v) is 8.04. The second kappa shape index (κ2) is 8.09. The fourth-order valence-corrected chi connectivity index (χ4v) is 3.95. The predicted molar refractivity (Wildman–Crippen MR) is 116 cm³/mol. The molecular formula is C22H19BrN4O4. The molecule has 1 aromatic heterocycles. The van der Waals surface area contributed by atoms with E-state index in [9.17, 15) is 14.7 Å². The van der Waals surface area contributed by atoms with Gasteiger partial charge in [0, 0.05) is 10.0 Å². The Morgan fingerprint density at radius 2 is 1.97 bits per heavy atom. The van der Waals surface area contributed by atoms with Gasteiger partial charge >= 0.3 is 5.97 Å². The average Bonchev–Trinajstić information content (AvgIpc) is 3.30. The molecule has 1 atom stereocenters. The molecule has 1 aliphatic heterocycles. The third-order valence-corrected chi connectivity index (χ3v) is 5.65. The minimum atomic E-state index is -2.23. The number of rotatable bonds is 6. The number of anilines is 1. The van der Waals surface area contributed by atoms with Gasteiger partial charge in [-0.25, -0.2) is 9.48 Å². The summed E-state index contributed by atoms with van der Waals surface area (Å²) in [5.41, 5.74) is -0.278. The number of ether oxygens (including phenoxy) is 1. The van der Waals surface area contributed by atoms with Gasteiger partial charge in [0.25, 0.3) is 5.91 Å². The van der Waals surface area contributed by atoms with Crippen LogP contribution < -0.4 is 4.90 Å². The minimum Gasteiger partial charge on any atom is -0.466 e. The first-order chi connectivity index (χ1) is 14.8. The molecule has 31 heavy (non-hydrogen) atoms. The van der Waals surface area contributed by atoms with Crippen molar-refractivity contribution in [3.8, 4) is 0 Å². The van der Waals surface area contributed by atoms with Gasteiger partial charge in [-0.2, -0.15) is 0 Å². The Morgan fingerprint density at radius 3 is 2.68 bits per heavy atom. The van der Waals surface area contributed by atoms with Crippen molar-refractivity contribution in [1.29, 1.82) is 0 Å². The third-order valence-electron chi connectivity index (χ3n) is 5.16. The number of methoxy groups -OCH3 is 1. The van der Waals surface area contributed by atoms with Gasteiger partial charge in [0.2, 0.25) is 5.60 Å². The maximum absolute atomic E-state index is 13.3. The lowest BCUT2D eigenvalue weighted by molar-refractivity contribution is -0.144. The molecule has 0 spiro atoms. The summed E-state index contributed by atoms with van der Waals surface area (Å²) in [7, 11) is 1.17. The molecule has 4 rings (SSSR count). The van der Waals surface area contributed by atoms with Crippen molar-refractivity contribution in [3.05, 3.63) is 88.2 Å². The summed E-state index contributed by atoms with van der Waals surface area (Å²) in [6.07, 6.45) is 1.74. The van der Waals surface area contributed by atoms with Crippen molar-refractivity contribution in [2.24, 2.45) is 0 Å². The number of esters is 1. The summed E-state index contributed by atoms with van der Waals surface area (Å²) in [5.74, 6) is -1.56. The Labute approximate surface area is 186 Å². The van der Waals surface area contributed by atoms with Crippen LogP contribution in [-0.2, 0) is 33.0 Å². The van der Waals surface area contributed by atoms with Gasteiger partial charge in [-0.15, -0.1) is 5.10 Å². The van der Waals surface area contributed by atoms with Gasteiger partial charge in [-0.3, -0.25) is 4.79 Å². The smallest absolute Gasteiger partial charge is 0.336 e. The molecule has 0 saturated heterocycles. The van der Waals surface area contributed by atoms with Crippen LogP contribution in [0, 0.1) is 0 Å². The van der Waals surface area contributed by atoms with Gasteiger partial charge in [-0.1, -0.05) is 58.1 Å². The van der Waals surface area contributed by atoms with E-state index in [-0.39, 0.29) is 17.7 Å². The first-order valence-corrected chi connectivity index (χ1v) is 10.2. The Balaban J connectivity index is 1.65. The number of aliphatic hydroxyl groups is 1. The van der Waals surface area contributed by atoms with Gasteiger partial charge < -0.3 is 14.7 Å². The van der Waals surface area contributed by atoms with Crippen molar-refractivity contribution in [2.45, 2.75) is 18.7 Å². The molecule has 1 aliphatic rings. The van der Waals surface area contributed by atoms with Crippen LogP contribution >= 0.6 is 15.9 Å². The fourth-order valence-electron chi connectivity index (χ4n) is 3.59. The van der Waals surface area contributed by atoms with Crippen molar-refractivity contribution in [1.82, 2.24) is 15.0 Å². The lowest BCUT2D eigenvalue weighted by atomic mass is 9.88. The van der Waals surface area contributed by atoms with Crippen molar-refractivity contribution in [2.75, 3.05) is 12.0 Å². The topological polar surface area (TPSA) is 97.6 Å². The molecule has 3 aromatic rings. The highest BCUT2D eigenvalue weighted by atomic mass is 79.9. The standard InChI is InChI=1S/C22H19BrN4O4/c1-14(20(28)31-2)22(30)18-10-16(23)8-9-19(18)27(21(22)29)13-17-12-26(25-24-17)11-15-6-4-3-5-7-15/h3-10,12,30H,1,11,13H2,2H3. The molecule has 0 fully saturated rings. The van der Waals surface area contributed by atoms with Crippen molar-refractivity contribution >= 4 is 33.5 Å². The molecule has 8 nitrogen and oxygen atoms in total. The third kappa shape index (κ3) is 3.66. The Morgan fingerprint density at radius 1 is 1.23 bits per heavy atom. The zero-order valence-electron chi connectivity index (χ0n) is 16.7. The molecule has 1 unspecified atom stereocenters. The van der Waals surface area contributed by atoms with Crippen LogP contribution in [0.5, 0.6) is 0 Å². The number of fused-ring (bicyclic) bond motifs is 1. The highest BCUT2D eigenvalue weighted by molar-refractivity contribution is 9.10. The number of aromatic nitrogens is 3. The van der Waals surface area contributed by atoms with Crippen LogP contribution in [0.4, 0.5) is 5.69 Å². The van der Waals surface area contributed by atoms with E-state index in [4.69, 9.17) is 4.74 Å². The fraction of sp³-hybridized carbons (Fsp3) is 0.182. The van der Waals surface area contributed by atoms with E-state index in [0.29, 0.717) is 22.4 Å². The highest BCUT2D eigenvalue weighted by Crippen LogP contribution is 2.46. The SMILES string of the molecule is C=C(C(=O)OC)C1(O)C(=O)N(Cc2cn(Cc3ccccc3)nn2)c2ccc(Br)cc21. The summed E-state index contributed by atoms with van der Waals surface area (Å²) in [5, 5.41) is 19.6. The molecule has 1 N–H and O–H groups in total. The first kappa shape index (κ1) is 21.0. The zero-order chi connectivity index (χ0) is 22.2. The second-order valence-electron chi connectivity index (χ2n) is 7.13. The van der Waals surface area contributed by atoms with Gasteiger partial charge in [0.15, 0.2) is 0 Å². The molecule has 1 amide bonds. The zero-order valence-corrected chi connectivity index (χ0v) is 18.2. The Bertz CT molecular complexity index is 1180. The van der Waals surface area contributed by atoms with E-state index >= 15 is 0 Å². The molecule has 9 heteroatoms. The molecule has 0 bridgehead atoms. The number of benzene rings is 2. The number of halogens is 1. The summed E-state index contributed by atoms with van der Waals surface area (Å²) in [4.78, 5) is 26.8. The number of nitrogens with zero attached hydrogens (tertiary/aromatic N) is 4. The molecule has 158 valence electrons. The predicted octanol–water partition coefficient (Wildman–Crippen LogP) is 2.55. The molecular weight excluding hydrogens is 464 g/mol. The minimum absolute atomic E-state index is 0.0685. The average molecular weight is 483 g/mol. The van der Waals surface area contributed by atoms with Crippen LogP contribution in [0.15, 0.2) is 71.4 Å². The van der Waals surface area contributed by atoms with E-state index < -0.39 is 17.5 Å². The van der Waals surface area contributed by atoms with E-state index in [1.165, 1.54) is 12.0 Å². The number of carbonyl (C=O) groups excluding carboxylic acids is 2. The highest BCUT2D eigenvalue weighted by Gasteiger charge is 2.54. The summed E-state index contributed by atoms with van der Waals surface area (Å²) >= 11 is 3.35. The van der Waals surface area contributed by atoms with Crippen LogP contribution in [0.2, 0.25) is 0 Å². The maximum atomic E-state index is 13.3. The lowest BCUT2D eigenvalue weighted by Gasteiger charge is -2.23. The molecule has 0 radical (unpaired) electrons. The van der Waals surface area contributed by atoms with Gasteiger partial charge in [-0.05, 0) is 23.8 Å². The molecule has 0 saturated carbocycles. The summed E-state index contributed by atoms with van der Waals surface area (Å²) in [6, 6.07) is 14.8. The molecule has 2 heterocycles. The van der Waals surface area contributed by atoms with Gasteiger partial charge in [0.05, 0.1) is 37.7 Å². The van der Waals surface area contributed by atoms with Crippen LogP contribution in [0.3, 0.4) is 0 Å². The van der Waals surface area contributed by atoms with Crippen LogP contribution in [0.25, 0.3) is 0 Å². The Kier molecular flexibility index (Phi) is 5.47. The largest absolute Gasteiger partial charge is 0.466 e. The first-order valence-electron chi connectivity index (χ1n) is 9.39. The number of hydrogen-bond donors (Lipinski definition) is 1. The van der Waals surface area contributed by atoms with Crippen molar-refractivity contribution in [3.63, 3.8) is 0 Å². The lowest BCUT2D eigenvalue weighted by Crippen LogP contribution is -2.43. The molecule has 2 aromatic carbocycles. The van der Waals surface area contributed by atoms with Crippen LogP contribution in [0.1, 0.15) is 16.8 Å². The van der Waals surface area contributed by atoms with Crippen molar-refractivity contribution < 1.29 is 19.4 Å². The monoisotopic (exact) mass is 482 g/mol. The summed E-state index contributed by atoms with van der Waals surface area (Å²) in [6.45, 7) is 4.24. The Hall–Kier alpha value is -3.30.